The van der Waals surface area contributed by atoms with Crippen molar-refractivity contribution in [2.24, 2.45) is 0 Å². The Morgan fingerprint density at radius 1 is 1.15 bits per heavy atom. The molecule has 1 aromatic heterocycles. The summed E-state index contributed by atoms with van der Waals surface area (Å²) in [5, 5.41) is -0.257. The normalized spacial score (nSPS) is 12.2. The zero-order valence-corrected chi connectivity index (χ0v) is 15.9. The molecule has 11 heteroatoms. The first kappa shape index (κ1) is 19.9. The molecule has 1 heterocycles. The lowest BCUT2D eigenvalue weighted by atomic mass is 10.2. The van der Waals surface area contributed by atoms with E-state index >= 15 is 0 Å². The number of rotatable bonds is 7. The number of ether oxygens (including phenoxy) is 1. The fraction of sp³-hybridized carbons (Fsp3) is 0.267. The van der Waals surface area contributed by atoms with Crippen LogP contribution in [0.5, 0.6) is 0 Å². The number of carbonyl (C=O) groups is 1. The third-order valence-electron chi connectivity index (χ3n) is 3.12. The lowest BCUT2D eigenvalue weighted by Gasteiger charge is -2.08. The number of benzene rings is 1. The van der Waals surface area contributed by atoms with Crippen molar-refractivity contribution in [1.29, 1.82) is 0 Å². The Morgan fingerprint density at radius 2 is 1.85 bits per heavy atom. The molecule has 0 aliphatic rings. The van der Waals surface area contributed by atoms with Gasteiger partial charge < -0.3 is 9.15 Å². The van der Waals surface area contributed by atoms with Crippen molar-refractivity contribution in [1.82, 2.24) is 4.31 Å². The van der Waals surface area contributed by atoms with E-state index < -0.39 is 26.0 Å². The molecule has 0 bridgehead atoms. The van der Waals surface area contributed by atoms with Crippen LogP contribution in [-0.2, 0) is 31.4 Å². The molecule has 0 spiro atoms. The average molecular weight is 402 g/mol. The van der Waals surface area contributed by atoms with Gasteiger partial charge in [0.1, 0.15) is 12.4 Å². The fourth-order valence-corrected chi connectivity index (χ4v) is 3.27. The van der Waals surface area contributed by atoms with Gasteiger partial charge in [-0.1, -0.05) is 6.07 Å². The van der Waals surface area contributed by atoms with Gasteiger partial charge >= 0.3 is 5.97 Å². The summed E-state index contributed by atoms with van der Waals surface area (Å²) in [6, 6.07) is 8.44. The lowest BCUT2D eigenvalue weighted by molar-refractivity contribution is 0.0440. The summed E-state index contributed by atoms with van der Waals surface area (Å²) in [7, 11) is -4.44. The second-order valence-electron chi connectivity index (χ2n) is 5.54. The number of nitrogens with one attached hydrogen (secondary N) is 1. The minimum atomic E-state index is -3.71. The monoisotopic (exact) mass is 402 g/mol. The van der Waals surface area contributed by atoms with E-state index in [9.17, 15) is 21.6 Å². The van der Waals surface area contributed by atoms with Gasteiger partial charge in [-0.25, -0.2) is 25.9 Å². The first-order valence-electron chi connectivity index (χ1n) is 7.25. The quantitative estimate of drug-likeness (QED) is 0.692. The highest BCUT2D eigenvalue weighted by Crippen LogP contribution is 2.18. The zero-order valence-electron chi connectivity index (χ0n) is 14.3. The van der Waals surface area contributed by atoms with Crippen LogP contribution in [0, 0.1) is 0 Å². The smallest absolute Gasteiger partial charge is 0.338 e. The Balaban J connectivity index is 2.06. The summed E-state index contributed by atoms with van der Waals surface area (Å²) >= 11 is 0. The summed E-state index contributed by atoms with van der Waals surface area (Å²) in [6.45, 7) is -0.272. The maximum absolute atomic E-state index is 12.1. The Hall–Kier alpha value is -2.37. The number of esters is 1. The SMILES string of the molecule is CN(C)S(=O)(=O)c1ccc(COC(=O)c2cccc(NS(C)(=O)=O)c2)o1. The molecule has 1 N–H and O–H groups in total. The summed E-state index contributed by atoms with van der Waals surface area (Å²) in [4.78, 5) is 12.1. The molecule has 2 rings (SSSR count). The number of sulfonamides is 2. The van der Waals surface area contributed by atoms with Gasteiger partial charge in [-0.15, -0.1) is 0 Å². The van der Waals surface area contributed by atoms with Crippen molar-refractivity contribution in [3.8, 4) is 0 Å². The van der Waals surface area contributed by atoms with Crippen LogP contribution in [0.15, 0.2) is 45.9 Å². The van der Waals surface area contributed by atoms with Gasteiger partial charge in [0.25, 0.3) is 10.0 Å². The molecule has 0 unspecified atom stereocenters. The second-order valence-corrected chi connectivity index (χ2v) is 9.37. The van der Waals surface area contributed by atoms with Crippen molar-refractivity contribution < 1.29 is 30.8 Å². The maximum Gasteiger partial charge on any atom is 0.338 e. The molecule has 142 valence electrons. The summed E-state index contributed by atoms with van der Waals surface area (Å²) < 4.78 is 59.8. The van der Waals surface area contributed by atoms with Gasteiger partial charge in [0.2, 0.25) is 15.1 Å². The molecule has 0 aliphatic heterocycles. The average Bonchev–Trinajstić information content (AvgIpc) is 3.00. The van der Waals surface area contributed by atoms with E-state index in [4.69, 9.17) is 9.15 Å². The molecule has 0 saturated carbocycles. The van der Waals surface area contributed by atoms with Crippen LogP contribution in [0.3, 0.4) is 0 Å². The minimum absolute atomic E-state index is 0.131. The Labute approximate surface area is 151 Å². The fourth-order valence-electron chi connectivity index (χ4n) is 1.90. The number of anilines is 1. The first-order valence-corrected chi connectivity index (χ1v) is 10.6. The largest absolute Gasteiger partial charge is 0.454 e. The van der Waals surface area contributed by atoms with Crippen molar-refractivity contribution in [3.63, 3.8) is 0 Å². The van der Waals surface area contributed by atoms with Crippen LogP contribution >= 0.6 is 0 Å². The van der Waals surface area contributed by atoms with Gasteiger partial charge in [0, 0.05) is 19.8 Å². The van der Waals surface area contributed by atoms with Crippen molar-refractivity contribution in [3.05, 3.63) is 47.7 Å². The Morgan fingerprint density at radius 3 is 2.46 bits per heavy atom. The standard InChI is InChI=1S/C15H18N2O7S2/c1-17(2)26(21,22)14-8-7-13(24-14)10-23-15(18)11-5-4-6-12(9-11)16-25(3,19)20/h4-9,16H,10H2,1-3H3. The van der Waals surface area contributed by atoms with E-state index in [0.29, 0.717) is 0 Å². The van der Waals surface area contributed by atoms with E-state index in [2.05, 4.69) is 4.72 Å². The molecular formula is C15H18N2O7S2. The molecule has 0 atom stereocenters. The van der Waals surface area contributed by atoms with Crippen LogP contribution in [0.25, 0.3) is 0 Å². The highest BCUT2D eigenvalue weighted by molar-refractivity contribution is 7.92. The Kier molecular flexibility index (Phi) is 5.74. The molecular weight excluding hydrogens is 384 g/mol. The lowest BCUT2D eigenvalue weighted by Crippen LogP contribution is -2.21. The first-order chi connectivity index (χ1) is 12.0. The summed E-state index contributed by atoms with van der Waals surface area (Å²) in [6.07, 6.45) is 0.994. The number of furan rings is 1. The number of nitrogens with zero attached hydrogens (tertiary/aromatic N) is 1. The summed E-state index contributed by atoms with van der Waals surface area (Å²) in [5.41, 5.74) is 0.352. The van der Waals surface area contributed by atoms with E-state index in [1.165, 1.54) is 50.5 Å². The highest BCUT2D eigenvalue weighted by atomic mass is 32.2. The molecule has 2 aromatic rings. The van der Waals surface area contributed by atoms with E-state index in [1.807, 2.05) is 0 Å². The number of hydrogen-bond donors (Lipinski definition) is 1. The molecule has 0 fully saturated rings. The van der Waals surface area contributed by atoms with Crippen molar-refractivity contribution in [2.45, 2.75) is 11.7 Å². The van der Waals surface area contributed by atoms with Crippen LogP contribution < -0.4 is 4.72 Å². The van der Waals surface area contributed by atoms with Gasteiger partial charge in [0.15, 0.2) is 0 Å². The van der Waals surface area contributed by atoms with Gasteiger partial charge in [-0.05, 0) is 30.3 Å². The minimum Gasteiger partial charge on any atom is -0.454 e. The molecule has 1 aromatic carbocycles. The van der Waals surface area contributed by atoms with Crippen LogP contribution in [0.1, 0.15) is 16.1 Å². The predicted molar refractivity (Wildman–Crippen MR) is 93.6 cm³/mol. The van der Waals surface area contributed by atoms with E-state index in [1.54, 1.807) is 0 Å². The molecule has 0 radical (unpaired) electrons. The molecule has 26 heavy (non-hydrogen) atoms. The van der Waals surface area contributed by atoms with Gasteiger partial charge in [0.05, 0.1) is 11.8 Å². The molecule has 9 nitrogen and oxygen atoms in total. The predicted octanol–water partition coefficient (Wildman–Crippen LogP) is 1.26. The molecule has 0 amide bonds. The maximum atomic E-state index is 12.1. The van der Waals surface area contributed by atoms with Gasteiger partial charge in [-0.2, -0.15) is 0 Å². The van der Waals surface area contributed by atoms with Crippen LogP contribution in [-0.4, -0.2) is 47.5 Å². The Bertz CT molecular complexity index is 1010. The number of hydrogen-bond acceptors (Lipinski definition) is 7. The van der Waals surface area contributed by atoms with Crippen LogP contribution in [0.4, 0.5) is 5.69 Å². The van der Waals surface area contributed by atoms with Crippen LogP contribution in [0.2, 0.25) is 0 Å². The number of carbonyl (C=O) groups excluding carboxylic acids is 1. The second kappa shape index (κ2) is 7.48. The van der Waals surface area contributed by atoms with Gasteiger partial charge in [-0.3, -0.25) is 4.72 Å². The van der Waals surface area contributed by atoms with Crippen molar-refractivity contribution in [2.75, 3.05) is 25.1 Å². The van der Waals surface area contributed by atoms with E-state index in [-0.39, 0.29) is 28.7 Å². The third-order valence-corrected chi connectivity index (χ3v) is 5.41. The van der Waals surface area contributed by atoms with Crippen molar-refractivity contribution >= 4 is 31.7 Å². The topological polar surface area (TPSA) is 123 Å². The molecule has 0 saturated heterocycles. The zero-order chi connectivity index (χ0) is 19.5. The summed E-state index contributed by atoms with van der Waals surface area (Å²) in [5.74, 6) is -0.556. The third kappa shape index (κ3) is 5.07. The highest BCUT2D eigenvalue weighted by Gasteiger charge is 2.22. The van der Waals surface area contributed by atoms with E-state index in [0.717, 1.165) is 10.6 Å². The molecule has 0 aliphatic carbocycles.